The molecule has 1 N–H and O–H groups in total. The summed E-state index contributed by atoms with van der Waals surface area (Å²) in [6, 6.07) is 3.70. The van der Waals surface area contributed by atoms with Gasteiger partial charge < -0.3 is 10.2 Å². The molecule has 1 aliphatic heterocycles. The monoisotopic (exact) mass is 311 g/mol. The smallest absolute Gasteiger partial charge is 0.271 e. The van der Waals surface area contributed by atoms with Crippen LogP contribution in [0.1, 0.15) is 24.2 Å². The third kappa shape index (κ3) is 2.82. The van der Waals surface area contributed by atoms with Crippen molar-refractivity contribution in [2.75, 3.05) is 13.1 Å². The van der Waals surface area contributed by atoms with E-state index in [0.717, 1.165) is 6.07 Å². The number of nitrogens with zero attached hydrogens (tertiary/aromatic N) is 2. The summed E-state index contributed by atoms with van der Waals surface area (Å²) in [5, 5.41) is 13.6. The number of piperazine rings is 1. The van der Waals surface area contributed by atoms with Crippen LogP contribution in [0.3, 0.4) is 0 Å². The number of non-ortho nitro benzene ring substituents is 1. The van der Waals surface area contributed by atoms with Gasteiger partial charge in [0.25, 0.3) is 11.6 Å². The second kappa shape index (κ2) is 5.33. The summed E-state index contributed by atoms with van der Waals surface area (Å²) in [5.41, 5.74) is -1.19. The summed E-state index contributed by atoms with van der Waals surface area (Å²) < 4.78 is 0. The predicted octanol–water partition coefficient (Wildman–Crippen LogP) is 1.60. The van der Waals surface area contributed by atoms with E-state index < -0.39 is 16.4 Å². The lowest BCUT2D eigenvalue weighted by molar-refractivity contribution is -0.384. The zero-order chi connectivity index (χ0) is 15.8. The van der Waals surface area contributed by atoms with E-state index in [0.29, 0.717) is 13.1 Å². The molecule has 1 heterocycles. The molecule has 2 amide bonds. The molecule has 1 saturated heterocycles. The standard InChI is InChI=1S/C13H14ClN3O4/c1-13(2)12(19)15-3-4-16(13)11(18)8-5-9(14)7-10(6-8)17(20)21/h5-7H,3-4H2,1-2H3,(H,15,19). The minimum atomic E-state index is -1.02. The first-order chi connectivity index (χ1) is 9.73. The number of nitro groups is 1. The molecular weight excluding hydrogens is 298 g/mol. The van der Waals surface area contributed by atoms with Gasteiger partial charge >= 0.3 is 0 Å². The van der Waals surface area contributed by atoms with Crippen LogP contribution in [0.5, 0.6) is 0 Å². The lowest BCUT2D eigenvalue weighted by Crippen LogP contribution is -2.63. The summed E-state index contributed by atoms with van der Waals surface area (Å²) in [6.45, 7) is 3.92. The molecule has 1 aromatic rings. The van der Waals surface area contributed by atoms with Gasteiger partial charge in [0.2, 0.25) is 5.91 Å². The molecule has 2 rings (SSSR count). The molecule has 21 heavy (non-hydrogen) atoms. The molecule has 1 aliphatic rings. The lowest BCUT2D eigenvalue weighted by Gasteiger charge is -2.41. The SMILES string of the molecule is CC1(C)C(=O)NCCN1C(=O)c1cc(Cl)cc([N+](=O)[O-])c1. The molecule has 1 aromatic carbocycles. The van der Waals surface area contributed by atoms with Crippen LogP contribution in [0.15, 0.2) is 18.2 Å². The minimum absolute atomic E-state index is 0.0944. The number of carbonyl (C=O) groups excluding carboxylic acids is 2. The third-order valence-electron chi connectivity index (χ3n) is 3.44. The summed E-state index contributed by atoms with van der Waals surface area (Å²) in [7, 11) is 0. The van der Waals surface area contributed by atoms with Gasteiger partial charge in [-0.2, -0.15) is 0 Å². The van der Waals surface area contributed by atoms with Gasteiger partial charge in [-0.1, -0.05) is 11.6 Å². The van der Waals surface area contributed by atoms with Crippen molar-refractivity contribution in [2.24, 2.45) is 0 Å². The van der Waals surface area contributed by atoms with Gasteiger partial charge in [-0.05, 0) is 19.9 Å². The van der Waals surface area contributed by atoms with Crippen LogP contribution in [0.2, 0.25) is 5.02 Å². The van der Waals surface area contributed by atoms with E-state index in [1.54, 1.807) is 13.8 Å². The lowest BCUT2D eigenvalue weighted by atomic mass is 9.97. The molecule has 7 nitrogen and oxygen atoms in total. The van der Waals surface area contributed by atoms with Crippen molar-refractivity contribution in [1.82, 2.24) is 10.2 Å². The molecule has 0 unspecified atom stereocenters. The molecular formula is C13H14ClN3O4. The van der Waals surface area contributed by atoms with Crippen LogP contribution < -0.4 is 5.32 Å². The zero-order valence-corrected chi connectivity index (χ0v) is 12.3. The van der Waals surface area contributed by atoms with Crippen LogP contribution in [-0.4, -0.2) is 40.3 Å². The van der Waals surface area contributed by atoms with Crippen molar-refractivity contribution in [3.8, 4) is 0 Å². The number of rotatable bonds is 2. The average Bonchev–Trinajstić information content (AvgIpc) is 2.40. The van der Waals surface area contributed by atoms with Crippen LogP contribution in [0.4, 0.5) is 5.69 Å². The number of nitrogens with one attached hydrogen (secondary N) is 1. The number of nitro benzene ring substituents is 1. The van der Waals surface area contributed by atoms with Crippen molar-refractivity contribution < 1.29 is 14.5 Å². The van der Waals surface area contributed by atoms with E-state index in [1.807, 2.05) is 0 Å². The van der Waals surface area contributed by atoms with Gasteiger partial charge in [-0.3, -0.25) is 19.7 Å². The summed E-state index contributed by atoms with van der Waals surface area (Å²) in [4.78, 5) is 36.0. The van der Waals surface area contributed by atoms with E-state index in [2.05, 4.69) is 5.32 Å². The quantitative estimate of drug-likeness (QED) is 0.663. The second-order valence-electron chi connectivity index (χ2n) is 5.23. The number of halogens is 1. The highest BCUT2D eigenvalue weighted by molar-refractivity contribution is 6.31. The van der Waals surface area contributed by atoms with Crippen LogP contribution >= 0.6 is 11.6 Å². The Morgan fingerprint density at radius 2 is 2.10 bits per heavy atom. The van der Waals surface area contributed by atoms with Gasteiger partial charge in [0.05, 0.1) is 4.92 Å². The highest BCUT2D eigenvalue weighted by Crippen LogP contribution is 2.25. The highest BCUT2D eigenvalue weighted by Gasteiger charge is 2.40. The molecule has 8 heteroatoms. The molecule has 0 aromatic heterocycles. The Labute approximate surface area is 126 Å². The van der Waals surface area contributed by atoms with Crippen LogP contribution in [0.25, 0.3) is 0 Å². The Morgan fingerprint density at radius 1 is 1.43 bits per heavy atom. The molecule has 1 fully saturated rings. The Balaban J connectivity index is 2.40. The van der Waals surface area contributed by atoms with Crippen molar-refractivity contribution >= 4 is 29.1 Å². The second-order valence-corrected chi connectivity index (χ2v) is 5.66. The fourth-order valence-corrected chi connectivity index (χ4v) is 2.44. The number of hydrogen-bond donors (Lipinski definition) is 1. The van der Waals surface area contributed by atoms with E-state index in [1.165, 1.54) is 17.0 Å². The molecule has 0 aliphatic carbocycles. The fraction of sp³-hybridized carbons (Fsp3) is 0.385. The predicted molar refractivity (Wildman–Crippen MR) is 76.2 cm³/mol. The molecule has 0 atom stereocenters. The fourth-order valence-electron chi connectivity index (χ4n) is 2.21. The largest absolute Gasteiger partial charge is 0.352 e. The Hall–Kier alpha value is -2.15. The zero-order valence-electron chi connectivity index (χ0n) is 11.6. The summed E-state index contributed by atoms with van der Waals surface area (Å²) in [6.07, 6.45) is 0. The first kappa shape index (κ1) is 15.2. The van der Waals surface area contributed by atoms with Gasteiger partial charge in [0.15, 0.2) is 0 Å². The van der Waals surface area contributed by atoms with Gasteiger partial charge in [0.1, 0.15) is 5.54 Å². The maximum atomic E-state index is 12.6. The topological polar surface area (TPSA) is 92.6 Å². The molecule has 112 valence electrons. The molecule has 0 bridgehead atoms. The van der Waals surface area contributed by atoms with Gasteiger partial charge in [0, 0.05) is 35.8 Å². The van der Waals surface area contributed by atoms with E-state index in [9.17, 15) is 19.7 Å². The minimum Gasteiger partial charge on any atom is -0.352 e. The number of amides is 2. The first-order valence-electron chi connectivity index (χ1n) is 6.29. The molecule has 0 radical (unpaired) electrons. The van der Waals surface area contributed by atoms with E-state index in [-0.39, 0.29) is 22.2 Å². The first-order valence-corrected chi connectivity index (χ1v) is 6.66. The number of hydrogen-bond acceptors (Lipinski definition) is 4. The van der Waals surface area contributed by atoms with Gasteiger partial charge in [-0.25, -0.2) is 0 Å². The highest BCUT2D eigenvalue weighted by atomic mass is 35.5. The Bertz CT molecular complexity index is 630. The van der Waals surface area contributed by atoms with Gasteiger partial charge in [-0.15, -0.1) is 0 Å². The van der Waals surface area contributed by atoms with Crippen molar-refractivity contribution in [3.63, 3.8) is 0 Å². The normalized spacial score (nSPS) is 17.3. The summed E-state index contributed by atoms with van der Waals surface area (Å²) >= 11 is 5.82. The molecule has 0 spiro atoms. The Kier molecular flexibility index (Phi) is 3.87. The van der Waals surface area contributed by atoms with Crippen LogP contribution in [0, 0.1) is 10.1 Å². The maximum Gasteiger partial charge on any atom is 0.271 e. The van der Waals surface area contributed by atoms with Crippen molar-refractivity contribution in [1.29, 1.82) is 0 Å². The van der Waals surface area contributed by atoms with E-state index in [4.69, 9.17) is 11.6 Å². The molecule has 0 saturated carbocycles. The van der Waals surface area contributed by atoms with Crippen molar-refractivity contribution in [3.05, 3.63) is 38.9 Å². The number of benzene rings is 1. The third-order valence-corrected chi connectivity index (χ3v) is 3.66. The Morgan fingerprint density at radius 3 is 2.71 bits per heavy atom. The average molecular weight is 312 g/mol. The number of carbonyl (C=O) groups is 2. The van der Waals surface area contributed by atoms with Crippen LogP contribution in [-0.2, 0) is 4.79 Å². The van der Waals surface area contributed by atoms with Crippen molar-refractivity contribution in [2.45, 2.75) is 19.4 Å². The van der Waals surface area contributed by atoms with E-state index >= 15 is 0 Å². The summed E-state index contributed by atoms with van der Waals surface area (Å²) in [5.74, 6) is -0.723. The maximum absolute atomic E-state index is 12.6.